The number of esters is 1. The van der Waals surface area contributed by atoms with Crippen molar-refractivity contribution in [3.8, 4) is 5.75 Å². The highest BCUT2D eigenvalue weighted by atomic mass is 32.1. The fourth-order valence-electron chi connectivity index (χ4n) is 2.08. The van der Waals surface area contributed by atoms with Crippen LogP contribution in [-0.2, 0) is 9.53 Å². The molecule has 6 nitrogen and oxygen atoms in total. The molecule has 9 heteroatoms. The summed E-state index contributed by atoms with van der Waals surface area (Å²) in [6, 6.07) is 3.02. The van der Waals surface area contributed by atoms with E-state index in [-0.39, 0.29) is 12.4 Å². The summed E-state index contributed by atoms with van der Waals surface area (Å²) in [5.41, 5.74) is 0.456. The second-order valence-electron chi connectivity index (χ2n) is 5.36. The van der Waals surface area contributed by atoms with E-state index in [4.69, 9.17) is 9.47 Å². The van der Waals surface area contributed by atoms with Gasteiger partial charge in [0.05, 0.1) is 12.3 Å². The molecule has 140 valence electrons. The topological polar surface area (TPSA) is 68.7 Å². The number of carbonyl (C=O) groups is 2. The number of amides is 1. The van der Waals surface area contributed by atoms with Crippen LogP contribution in [0.4, 0.5) is 13.9 Å². The van der Waals surface area contributed by atoms with E-state index in [1.165, 1.54) is 24.9 Å². The Labute approximate surface area is 153 Å². The summed E-state index contributed by atoms with van der Waals surface area (Å²) in [5, 5.41) is 0.302. The van der Waals surface area contributed by atoms with Crippen molar-refractivity contribution in [2.24, 2.45) is 0 Å². The molecule has 0 saturated heterocycles. The normalized spacial score (nSPS) is 11.8. The van der Waals surface area contributed by atoms with Crippen LogP contribution in [0.15, 0.2) is 18.2 Å². The predicted octanol–water partition coefficient (Wildman–Crippen LogP) is 3.34. The molecule has 0 bridgehead atoms. The Morgan fingerprint density at radius 3 is 2.62 bits per heavy atom. The lowest BCUT2D eigenvalue weighted by molar-refractivity contribution is -0.124. The van der Waals surface area contributed by atoms with Crippen LogP contribution < -0.4 is 9.64 Å². The van der Waals surface area contributed by atoms with Crippen molar-refractivity contribution in [3.05, 3.63) is 40.4 Å². The molecule has 2 rings (SSSR count). The molecule has 1 amide bonds. The number of hydrogen-bond donors (Lipinski definition) is 0. The number of ether oxygens (including phenoxy) is 2. The number of likely N-dealkylation sites (N-methyl/N-ethyl adjacent to an activating group) is 1. The van der Waals surface area contributed by atoms with Crippen LogP contribution in [0.1, 0.15) is 29.2 Å². The molecule has 1 unspecified atom stereocenters. The first kappa shape index (κ1) is 19.8. The van der Waals surface area contributed by atoms with Crippen LogP contribution in [0.5, 0.6) is 5.75 Å². The minimum Gasteiger partial charge on any atom is -0.481 e. The number of aryl methyl sites for hydroxylation is 1. The Morgan fingerprint density at radius 2 is 2.00 bits per heavy atom. The highest BCUT2D eigenvalue weighted by Crippen LogP contribution is 2.27. The first-order valence-corrected chi connectivity index (χ1v) is 8.60. The SMILES string of the molecule is CCOC(=O)c1sc(N(C)C(=O)C(C)Oc2ccc(F)c(F)c2)nc1C. The van der Waals surface area contributed by atoms with Crippen molar-refractivity contribution in [1.82, 2.24) is 4.98 Å². The van der Waals surface area contributed by atoms with Crippen molar-refractivity contribution < 1.29 is 27.8 Å². The van der Waals surface area contributed by atoms with Gasteiger partial charge in [0, 0.05) is 13.1 Å². The third-order valence-electron chi connectivity index (χ3n) is 3.42. The first-order chi connectivity index (χ1) is 12.2. The molecule has 1 aromatic carbocycles. The van der Waals surface area contributed by atoms with Crippen molar-refractivity contribution >= 4 is 28.3 Å². The van der Waals surface area contributed by atoms with Gasteiger partial charge in [-0.3, -0.25) is 9.69 Å². The van der Waals surface area contributed by atoms with E-state index in [9.17, 15) is 18.4 Å². The first-order valence-electron chi connectivity index (χ1n) is 7.78. The van der Waals surface area contributed by atoms with Crippen LogP contribution >= 0.6 is 11.3 Å². The zero-order chi connectivity index (χ0) is 19.4. The largest absolute Gasteiger partial charge is 0.481 e. The summed E-state index contributed by atoms with van der Waals surface area (Å²) in [6.07, 6.45) is -0.972. The minimum absolute atomic E-state index is 0.0284. The predicted molar refractivity (Wildman–Crippen MR) is 92.7 cm³/mol. The number of rotatable bonds is 6. The van der Waals surface area contributed by atoms with E-state index >= 15 is 0 Å². The molecule has 0 radical (unpaired) electrons. The summed E-state index contributed by atoms with van der Waals surface area (Å²) in [5.74, 6) is -3.00. The van der Waals surface area contributed by atoms with Crippen molar-refractivity contribution in [2.75, 3.05) is 18.6 Å². The lowest BCUT2D eigenvalue weighted by atomic mass is 10.3. The van der Waals surface area contributed by atoms with Gasteiger partial charge < -0.3 is 9.47 Å². The van der Waals surface area contributed by atoms with Crippen LogP contribution in [0.3, 0.4) is 0 Å². The second-order valence-corrected chi connectivity index (χ2v) is 6.34. The van der Waals surface area contributed by atoms with E-state index in [0.29, 0.717) is 15.7 Å². The highest BCUT2D eigenvalue weighted by Gasteiger charge is 2.25. The summed E-state index contributed by atoms with van der Waals surface area (Å²) >= 11 is 1.03. The van der Waals surface area contributed by atoms with Gasteiger partial charge in [0.15, 0.2) is 22.9 Å². The zero-order valence-corrected chi connectivity index (χ0v) is 15.5. The Bertz CT molecular complexity index is 825. The van der Waals surface area contributed by atoms with Crippen LogP contribution in [-0.4, -0.2) is 36.6 Å². The molecule has 1 atom stereocenters. The molecule has 1 heterocycles. The number of anilines is 1. The standard InChI is InChI=1S/C17H18F2N2O4S/c1-5-24-16(23)14-9(2)20-17(26-14)21(4)15(22)10(3)25-11-6-7-12(18)13(19)8-11/h6-8,10H,5H2,1-4H3. The summed E-state index contributed by atoms with van der Waals surface area (Å²) in [4.78, 5) is 30.1. The fourth-order valence-corrected chi connectivity index (χ4v) is 3.01. The fraction of sp³-hybridized carbons (Fsp3) is 0.353. The molecule has 26 heavy (non-hydrogen) atoms. The minimum atomic E-state index is -1.06. The van der Waals surface area contributed by atoms with Gasteiger partial charge in [-0.15, -0.1) is 0 Å². The summed E-state index contributed by atoms with van der Waals surface area (Å²) < 4.78 is 36.5. The maximum atomic E-state index is 13.2. The van der Waals surface area contributed by atoms with E-state index < -0.39 is 29.6 Å². The summed E-state index contributed by atoms with van der Waals surface area (Å²) in [7, 11) is 1.49. The maximum Gasteiger partial charge on any atom is 0.350 e. The van der Waals surface area contributed by atoms with Crippen LogP contribution in [0.25, 0.3) is 0 Å². The van der Waals surface area contributed by atoms with Gasteiger partial charge in [0.2, 0.25) is 0 Å². The van der Waals surface area contributed by atoms with E-state index in [1.54, 1.807) is 13.8 Å². The van der Waals surface area contributed by atoms with Crippen LogP contribution in [0.2, 0.25) is 0 Å². The molecule has 2 aromatic rings. The number of halogens is 2. The Balaban J connectivity index is 2.12. The molecule has 0 fully saturated rings. The van der Waals surface area contributed by atoms with Gasteiger partial charge in [0.25, 0.3) is 5.91 Å². The zero-order valence-electron chi connectivity index (χ0n) is 14.7. The molecule has 0 aliphatic carbocycles. The monoisotopic (exact) mass is 384 g/mol. The van der Waals surface area contributed by atoms with Crippen molar-refractivity contribution in [2.45, 2.75) is 26.9 Å². The number of nitrogens with zero attached hydrogens (tertiary/aromatic N) is 2. The molecule has 1 aromatic heterocycles. The van der Waals surface area contributed by atoms with E-state index in [1.807, 2.05) is 0 Å². The van der Waals surface area contributed by atoms with Gasteiger partial charge >= 0.3 is 5.97 Å². The van der Waals surface area contributed by atoms with Crippen LogP contribution in [0, 0.1) is 18.6 Å². The molecule has 0 aliphatic heterocycles. The average molecular weight is 384 g/mol. The quantitative estimate of drug-likeness (QED) is 0.715. The molecular weight excluding hydrogens is 366 g/mol. The van der Waals surface area contributed by atoms with Gasteiger partial charge in [0.1, 0.15) is 10.6 Å². The number of carbonyl (C=O) groups excluding carboxylic acids is 2. The number of aromatic nitrogens is 1. The van der Waals surface area contributed by atoms with Gasteiger partial charge in [-0.25, -0.2) is 18.6 Å². The van der Waals surface area contributed by atoms with Gasteiger partial charge in [-0.05, 0) is 32.9 Å². The lowest BCUT2D eigenvalue weighted by Crippen LogP contribution is -2.38. The third-order valence-corrected chi connectivity index (χ3v) is 4.63. The van der Waals surface area contributed by atoms with E-state index in [2.05, 4.69) is 4.98 Å². The number of benzene rings is 1. The second kappa shape index (κ2) is 8.22. The number of hydrogen-bond acceptors (Lipinski definition) is 6. The Morgan fingerprint density at radius 1 is 1.31 bits per heavy atom. The summed E-state index contributed by atoms with van der Waals surface area (Å²) in [6.45, 7) is 5.06. The number of thiazole rings is 1. The lowest BCUT2D eigenvalue weighted by Gasteiger charge is -2.20. The van der Waals surface area contributed by atoms with E-state index in [0.717, 1.165) is 23.5 Å². The van der Waals surface area contributed by atoms with Crippen molar-refractivity contribution in [3.63, 3.8) is 0 Å². The Kier molecular flexibility index (Phi) is 6.25. The molecule has 0 saturated carbocycles. The third kappa shape index (κ3) is 4.34. The van der Waals surface area contributed by atoms with Gasteiger partial charge in [-0.1, -0.05) is 11.3 Å². The smallest absolute Gasteiger partial charge is 0.350 e. The average Bonchev–Trinajstić information content (AvgIpc) is 2.99. The highest BCUT2D eigenvalue weighted by molar-refractivity contribution is 7.17. The van der Waals surface area contributed by atoms with Crippen molar-refractivity contribution in [1.29, 1.82) is 0 Å². The molecular formula is C17H18F2N2O4S. The molecule has 0 N–H and O–H groups in total. The molecule has 0 spiro atoms. The molecule has 0 aliphatic rings. The maximum absolute atomic E-state index is 13.2. The Hall–Kier alpha value is -2.55. The van der Waals surface area contributed by atoms with Gasteiger partial charge in [-0.2, -0.15) is 0 Å².